The molecule has 1 aromatic carbocycles. The molecule has 0 amide bonds. The van der Waals surface area contributed by atoms with E-state index in [0.29, 0.717) is 6.04 Å². The first-order valence-electron chi connectivity index (χ1n) is 7.05. The van der Waals surface area contributed by atoms with E-state index in [1.165, 1.54) is 0 Å². The van der Waals surface area contributed by atoms with Gasteiger partial charge in [0.25, 0.3) is 0 Å². The number of hydrogen-bond donors (Lipinski definition) is 2. The molecular formula is C15H21NO3. The molecule has 1 saturated carbocycles. The molecule has 2 N–H and O–H groups in total. The lowest BCUT2D eigenvalue weighted by atomic mass is 9.89. The van der Waals surface area contributed by atoms with Gasteiger partial charge in [0.1, 0.15) is 0 Å². The van der Waals surface area contributed by atoms with Gasteiger partial charge in [-0.1, -0.05) is 18.2 Å². The van der Waals surface area contributed by atoms with Crippen molar-refractivity contribution in [3.05, 3.63) is 29.8 Å². The van der Waals surface area contributed by atoms with Gasteiger partial charge in [-0.25, -0.2) is 0 Å². The minimum atomic E-state index is -0.297. The maximum absolute atomic E-state index is 9.34. The van der Waals surface area contributed by atoms with E-state index in [-0.39, 0.29) is 12.4 Å². The van der Waals surface area contributed by atoms with Gasteiger partial charge in [-0.05, 0) is 18.9 Å². The third-order valence-corrected chi connectivity index (χ3v) is 4.11. The topological polar surface area (TPSA) is 50.7 Å². The van der Waals surface area contributed by atoms with Crippen LogP contribution in [-0.2, 0) is 16.1 Å². The first kappa shape index (κ1) is 12.9. The molecule has 1 spiro atoms. The van der Waals surface area contributed by atoms with Crippen molar-refractivity contribution in [2.45, 2.75) is 44.1 Å². The fourth-order valence-corrected chi connectivity index (χ4v) is 3.01. The van der Waals surface area contributed by atoms with E-state index in [1.54, 1.807) is 0 Å². The second-order valence-electron chi connectivity index (χ2n) is 5.34. The minimum Gasteiger partial charge on any atom is -0.392 e. The summed E-state index contributed by atoms with van der Waals surface area (Å²) < 4.78 is 11.5. The average Bonchev–Trinajstić information content (AvgIpc) is 2.91. The Hall–Kier alpha value is -1.10. The van der Waals surface area contributed by atoms with Crippen LogP contribution >= 0.6 is 0 Å². The van der Waals surface area contributed by atoms with Crippen molar-refractivity contribution >= 4 is 5.69 Å². The van der Waals surface area contributed by atoms with Crippen LogP contribution in [0.2, 0.25) is 0 Å². The quantitative estimate of drug-likeness (QED) is 0.878. The summed E-state index contributed by atoms with van der Waals surface area (Å²) in [7, 11) is 0. The SMILES string of the molecule is OCc1ccccc1NC1CCC2(CC1)OCCO2. The molecule has 4 heteroatoms. The molecule has 1 heterocycles. The summed E-state index contributed by atoms with van der Waals surface area (Å²) in [5.41, 5.74) is 2.00. The molecule has 1 aromatic rings. The Kier molecular flexibility index (Phi) is 3.73. The zero-order valence-corrected chi connectivity index (χ0v) is 11.1. The molecular weight excluding hydrogens is 242 g/mol. The molecule has 0 unspecified atom stereocenters. The average molecular weight is 263 g/mol. The number of aliphatic hydroxyl groups excluding tert-OH is 1. The highest BCUT2D eigenvalue weighted by Gasteiger charge is 2.40. The number of ether oxygens (including phenoxy) is 2. The summed E-state index contributed by atoms with van der Waals surface area (Å²) >= 11 is 0. The van der Waals surface area contributed by atoms with Crippen LogP contribution in [0, 0.1) is 0 Å². The number of para-hydroxylation sites is 1. The minimum absolute atomic E-state index is 0.0754. The van der Waals surface area contributed by atoms with Gasteiger partial charge in [0.2, 0.25) is 0 Å². The van der Waals surface area contributed by atoms with E-state index in [9.17, 15) is 5.11 Å². The molecule has 1 aliphatic heterocycles. The Labute approximate surface area is 113 Å². The molecule has 1 aliphatic carbocycles. The summed E-state index contributed by atoms with van der Waals surface area (Å²) in [6.45, 7) is 1.53. The Morgan fingerprint density at radius 3 is 2.53 bits per heavy atom. The summed E-state index contributed by atoms with van der Waals surface area (Å²) in [5, 5.41) is 12.9. The van der Waals surface area contributed by atoms with E-state index in [2.05, 4.69) is 5.32 Å². The molecule has 1 saturated heterocycles. The fraction of sp³-hybridized carbons (Fsp3) is 0.600. The summed E-state index contributed by atoms with van der Waals surface area (Å²) in [6.07, 6.45) is 3.98. The van der Waals surface area contributed by atoms with Gasteiger partial charge >= 0.3 is 0 Å². The van der Waals surface area contributed by atoms with E-state index in [4.69, 9.17) is 9.47 Å². The molecule has 19 heavy (non-hydrogen) atoms. The summed E-state index contributed by atoms with van der Waals surface area (Å²) in [4.78, 5) is 0. The van der Waals surface area contributed by atoms with Crippen molar-refractivity contribution in [1.29, 1.82) is 0 Å². The van der Waals surface area contributed by atoms with E-state index in [0.717, 1.165) is 50.1 Å². The number of nitrogens with one attached hydrogen (secondary N) is 1. The van der Waals surface area contributed by atoms with Crippen LogP contribution in [-0.4, -0.2) is 30.1 Å². The maximum atomic E-state index is 9.34. The van der Waals surface area contributed by atoms with E-state index >= 15 is 0 Å². The van der Waals surface area contributed by atoms with Crippen LogP contribution < -0.4 is 5.32 Å². The van der Waals surface area contributed by atoms with Crippen LogP contribution in [0.25, 0.3) is 0 Å². The van der Waals surface area contributed by atoms with Crippen molar-refractivity contribution < 1.29 is 14.6 Å². The lowest BCUT2D eigenvalue weighted by molar-refractivity contribution is -0.177. The number of benzene rings is 1. The van der Waals surface area contributed by atoms with Gasteiger partial charge < -0.3 is 19.9 Å². The van der Waals surface area contributed by atoms with Crippen molar-refractivity contribution in [3.8, 4) is 0 Å². The first-order chi connectivity index (χ1) is 9.31. The number of anilines is 1. The highest BCUT2D eigenvalue weighted by Crippen LogP contribution is 2.36. The Balaban J connectivity index is 1.60. The normalized spacial score (nSPS) is 22.8. The molecule has 4 nitrogen and oxygen atoms in total. The van der Waals surface area contributed by atoms with Gasteiger partial charge in [0, 0.05) is 30.1 Å². The Morgan fingerprint density at radius 2 is 1.84 bits per heavy atom. The summed E-state index contributed by atoms with van der Waals surface area (Å²) in [5.74, 6) is -0.297. The number of hydrogen-bond acceptors (Lipinski definition) is 4. The van der Waals surface area contributed by atoms with Gasteiger partial charge in [-0.3, -0.25) is 0 Å². The number of rotatable bonds is 3. The van der Waals surface area contributed by atoms with E-state index in [1.807, 2.05) is 24.3 Å². The lowest BCUT2D eigenvalue weighted by Gasteiger charge is -2.36. The fourth-order valence-electron chi connectivity index (χ4n) is 3.01. The molecule has 2 fully saturated rings. The van der Waals surface area contributed by atoms with Gasteiger partial charge in [0.05, 0.1) is 19.8 Å². The van der Waals surface area contributed by atoms with Crippen LogP contribution in [0.5, 0.6) is 0 Å². The van der Waals surface area contributed by atoms with Gasteiger partial charge in [0.15, 0.2) is 5.79 Å². The third-order valence-electron chi connectivity index (χ3n) is 4.11. The zero-order chi connectivity index (χ0) is 13.1. The van der Waals surface area contributed by atoms with Crippen LogP contribution in [0.4, 0.5) is 5.69 Å². The van der Waals surface area contributed by atoms with Gasteiger partial charge in [-0.15, -0.1) is 0 Å². The molecule has 0 atom stereocenters. The van der Waals surface area contributed by atoms with Crippen LogP contribution in [0.15, 0.2) is 24.3 Å². The molecule has 0 radical (unpaired) electrons. The standard InChI is InChI=1S/C15H21NO3/c17-11-12-3-1-2-4-14(12)16-13-5-7-15(8-6-13)18-9-10-19-15/h1-4,13,16-17H,5-11H2. The smallest absolute Gasteiger partial charge is 0.168 e. The van der Waals surface area contributed by atoms with Crippen molar-refractivity contribution in [1.82, 2.24) is 0 Å². The second kappa shape index (κ2) is 5.49. The lowest BCUT2D eigenvalue weighted by Crippen LogP contribution is -2.39. The monoisotopic (exact) mass is 263 g/mol. The summed E-state index contributed by atoms with van der Waals surface area (Å²) in [6, 6.07) is 8.36. The molecule has 3 rings (SSSR count). The highest BCUT2D eigenvalue weighted by molar-refractivity contribution is 5.51. The molecule has 0 bridgehead atoms. The Morgan fingerprint density at radius 1 is 1.16 bits per heavy atom. The van der Waals surface area contributed by atoms with Crippen molar-refractivity contribution in [2.75, 3.05) is 18.5 Å². The largest absolute Gasteiger partial charge is 0.392 e. The third kappa shape index (κ3) is 2.76. The molecule has 0 aromatic heterocycles. The first-order valence-corrected chi connectivity index (χ1v) is 7.05. The number of aliphatic hydroxyl groups is 1. The predicted molar refractivity (Wildman–Crippen MR) is 72.9 cm³/mol. The maximum Gasteiger partial charge on any atom is 0.168 e. The molecule has 2 aliphatic rings. The predicted octanol–water partition coefficient (Wildman–Crippen LogP) is 2.28. The van der Waals surface area contributed by atoms with Crippen LogP contribution in [0.1, 0.15) is 31.2 Å². The second-order valence-corrected chi connectivity index (χ2v) is 5.34. The van der Waals surface area contributed by atoms with Crippen LogP contribution in [0.3, 0.4) is 0 Å². The van der Waals surface area contributed by atoms with E-state index < -0.39 is 0 Å². The highest BCUT2D eigenvalue weighted by atomic mass is 16.7. The van der Waals surface area contributed by atoms with Crippen molar-refractivity contribution in [2.24, 2.45) is 0 Å². The molecule has 104 valence electrons. The van der Waals surface area contributed by atoms with Crippen molar-refractivity contribution in [3.63, 3.8) is 0 Å². The zero-order valence-electron chi connectivity index (χ0n) is 11.1. The Bertz CT molecular complexity index is 419. The van der Waals surface area contributed by atoms with Gasteiger partial charge in [-0.2, -0.15) is 0 Å².